The van der Waals surface area contributed by atoms with Gasteiger partial charge in [-0.25, -0.2) is 0 Å². The summed E-state index contributed by atoms with van der Waals surface area (Å²) >= 11 is 0. The van der Waals surface area contributed by atoms with E-state index in [2.05, 4.69) is 36.1 Å². The van der Waals surface area contributed by atoms with Crippen LogP contribution in [-0.4, -0.2) is 38.7 Å². The first-order chi connectivity index (χ1) is 11.5. The lowest BCUT2D eigenvalue weighted by Crippen LogP contribution is -2.37. The fraction of sp³-hybridized carbons (Fsp3) is 0.526. The van der Waals surface area contributed by atoms with Crippen LogP contribution in [0.3, 0.4) is 0 Å². The number of carbonyl (C=O) groups excluding carboxylic acids is 1. The summed E-state index contributed by atoms with van der Waals surface area (Å²) in [4.78, 5) is 17.9. The summed E-state index contributed by atoms with van der Waals surface area (Å²) < 4.78 is 2.01. The normalized spacial score (nSPS) is 15.9. The minimum Gasteiger partial charge on any atom is -0.343 e. The van der Waals surface area contributed by atoms with Crippen molar-refractivity contribution in [2.45, 2.75) is 46.1 Å². The molecule has 1 aliphatic heterocycles. The number of hydrogen-bond donors (Lipinski definition) is 0. The van der Waals surface area contributed by atoms with Gasteiger partial charge in [0, 0.05) is 38.4 Å². The summed E-state index contributed by atoms with van der Waals surface area (Å²) in [6.07, 6.45) is 6.95. The van der Waals surface area contributed by atoms with E-state index in [4.69, 9.17) is 0 Å². The van der Waals surface area contributed by atoms with Crippen LogP contribution in [-0.2, 0) is 11.2 Å². The monoisotopic (exact) mass is 326 g/mol. The minimum atomic E-state index is 0.196. The third-order valence-corrected chi connectivity index (χ3v) is 4.83. The van der Waals surface area contributed by atoms with Gasteiger partial charge in [0.25, 0.3) is 0 Å². The Balaban J connectivity index is 1.70. The van der Waals surface area contributed by atoms with Gasteiger partial charge in [-0.1, -0.05) is 0 Å². The summed E-state index contributed by atoms with van der Waals surface area (Å²) in [6.45, 7) is 7.69. The van der Waals surface area contributed by atoms with E-state index in [-0.39, 0.29) is 5.91 Å². The van der Waals surface area contributed by atoms with Gasteiger partial charge >= 0.3 is 0 Å². The SMILES string of the molecule is CC(=O)N1CCC(Cc2ccnc(-c3ccnn3C(C)C)c2)CC1. The van der Waals surface area contributed by atoms with Crippen molar-refractivity contribution in [2.75, 3.05) is 13.1 Å². The van der Waals surface area contributed by atoms with Crippen LogP contribution >= 0.6 is 0 Å². The fourth-order valence-electron chi connectivity index (χ4n) is 3.46. The molecule has 0 aromatic carbocycles. The van der Waals surface area contributed by atoms with Crippen LogP contribution in [0.15, 0.2) is 30.6 Å². The van der Waals surface area contributed by atoms with E-state index in [0.29, 0.717) is 12.0 Å². The van der Waals surface area contributed by atoms with Crippen LogP contribution < -0.4 is 0 Å². The highest BCUT2D eigenvalue weighted by Gasteiger charge is 2.21. The Kier molecular flexibility index (Phi) is 4.97. The van der Waals surface area contributed by atoms with E-state index in [0.717, 1.165) is 43.7 Å². The van der Waals surface area contributed by atoms with E-state index < -0.39 is 0 Å². The smallest absolute Gasteiger partial charge is 0.219 e. The maximum atomic E-state index is 11.4. The van der Waals surface area contributed by atoms with Crippen molar-refractivity contribution in [3.8, 4) is 11.4 Å². The zero-order valence-electron chi connectivity index (χ0n) is 14.8. The molecule has 128 valence electrons. The van der Waals surface area contributed by atoms with E-state index >= 15 is 0 Å². The van der Waals surface area contributed by atoms with Crippen molar-refractivity contribution in [2.24, 2.45) is 5.92 Å². The number of hydrogen-bond acceptors (Lipinski definition) is 3. The van der Waals surface area contributed by atoms with Crippen LogP contribution in [0, 0.1) is 5.92 Å². The first-order valence-electron chi connectivity index (χ1n) is 8.79. The summed E-state index contributed by atoms with van der Waals surface area (Å²) in [5.41, 5.74) is 3.37. The van der Waals surface area contributed by atoms with Gasteiger partial charge < -0.3 is 4.90 Å². The van der Waals surface area contributed by atoms with Gasteiger partial charge in [0.05, 0.1) is 11.4 Å². The molecule has 5 heteroatoms. The molecule has 1 aliphatic rings. The number of amides is 1. The number of carbonyl (C=O) groups is 1. The second-order valence-corrected chi connectivity index (χ2v) is 6.96. The van der Waals surface area contributed by atoms with Crippen LogP contribution in [0.25, 0.3) is 11.4 Å². The zero-order chi connectivity index (χ0) is 17.1. The third-order valence-electron chi connectivity index (χ3n) is 4.83. The van der Waals surface area contributed by atoms with Gasteiger partial charge in [-0.3, -0.25) is 14.5 Å². The Hall–Kier alpha value is -2.17. The molecular weight excluding hydrogens is 300 g/mol. The van der Waals surface area contributed by atoms with Crippen molar-refractivity contribution in [3.63, 3.8) is 0 Å². The first kappa shape index (κ1) is 16.7. The van der Waals surface area contributed by atoms with E-state index in [1.807, 2.05) is 28.0 Å². The largest absolute Gasteiger partial charge is 0.343 e. The van der Waals surface area contributed by atoms with Crippen molar-refractivity contribution < 1.29 is 4.79 Å². The summed E-state index contributed by atoms with van der Waals surface area (Å²) in [5.74, 6) is 0.840. The number of rotatable bonds is 4. The lowest BCUT2D eigenvalue weighted by atomic mass is 9.90. The van der Waals surface area contributed by atoms with Crippen molar-refractivity contribution in [3.05, 3.63) is 36.2 Å². The molecule has 2 aromatic heterocycles. The average molecular weight is 326 g/mol. The van der Waals surface area contributed by atoms with Crippen LogP contribution in [0.2, 0.25) is 0 Å². The first-order valence-corrected chi connectivity index (χ1v) is 8.79. The standard InChI is InChI=1S/C19H26N4O/c1-14(2)23-19(5-9-21-23)18-13-17(4-8-20-18)12-16-6-10-22(11-7-16)15(3)24/h4-5,8-9,13-14,16H,6-7,10-12H2,1-3H3. The maximum absolute atomic E-state index is 11.4. The molecule has 5 nitrogen and oxygen atoms in total. The minimum absolute atomic E-state index is 0.196. The Morgan fingerprint density at radius 2 is 2.00 bits per heavy atom. The van der Waals surface area contributed by atoms with E-state index in [1.54, 1.807) is 6.92 Å². The molecule has 0 spiro atoms. The molecule has 0 radical (unpaired) electrons. The zero-order valence-corrected chi connectivity index (χ0v) is 14.8. The molecular formula is C19H26N4O. The Morgan fingerprint density at radius 3 is 2.67 bits per heavy atom. The van der Waals surface area contributed by atoms with Gasteiger partial charge in [-0.15, -0.1) is 0 Å². The quantitative estimate of drug-likeness (QED) is 0.866. The Labute approximate surface area is 143 Å². The highest BCUT2D eigenvalue weighted by atomic mass is 16.2. The number of likely N-dealkylation sites (tertiary alicyclic amines) is 1. The molecule has 1 saturated heterocycles. The molecule has 24 heavy (non-hydrogen) atoms. The molecule has 1 amide bonds. The Morgan fingerprint density at radius 1 is 1.25 bits per heavy atom. The predicted octanol–water partition coefficient (Wildman–Crippen LogP) is 3.33. The summed E-state index contributed by atoms with van der Waals surface area (Å²) in [5, 5.41) is 4.40. The van der Waals surface area contributed by atoms with Gasteiger partial charge in [0.2, 0.25) is 5.91 Å². The molecule has 0 bridgehead atoms. The molecule has 3 heterocycles. The van der Waals surface area contributed by atoms with Crippen molar-refractivity contribution >= 4 is 5.91 Å². The highest BCUT2D eigenvalue weighted by molar-refractivity contribution is 5.73. The second-order valence-electron chi connectivity index (χ2n) is 6.96. The van der Waals surface area contributed by atoms with Crippen LogP contribution in [0.1, 0.15) is 45.2 Å². The fourth-order valence-corrected chi connectivity index (χ4v) is 3.46. The topological polar surface area (TPSA) is 51.0 Å². The molecule has 0 atom stereocenters. The molecule has 0 saturated carbocycles. The van der Waals surface area contributed by atoms with Crippen molar-refractivity contribution in [1.29, 1.82) is 0 Å². The molecule has 0 N–H and O–H groups in total. The van der Waals surface area contributed by atoms with Crippen LogP contribution in [0.5, 0.6) is 0 Å². The van der Waals surface area contributed by atoms with E-state index in [9.17, 15) is 4.79 Å². The summed E-state index contributed by atoms with van der Waals surface area (Å²) in [7, 11) is 0. The van der Waals surface area contributed by atoms with Gasteiger partial charge in [0.1, 0.15) is 0 Å². The number of piperidine rings is 1. The molecule has 3 rings (SSSR count). The van der Waals surface area contributed by atoms with Gasteiger partial charge in [-0.2, -0.15) is 5.10 Å². The number of nitrogens with zero attached hydrogens (tertiary/aromatic N) is 4. The second kappa shape index (κ2) is 7.16. The average Bonchev–Trinajstić information content (AvgIpc) is 3.05. The van der Waals surface area contributed by atoms with Gasteiger partial charge in [-0.05, 0) is 62.8 Å². The van der Waals surface area contributed by atoms with E-state index in [1.165, 1.54) is 5.56 Å². The number of aromatic nitrogens is 3. The van der Waals surface area contributed by atoms with Crippen molar-refractivity contribution in [1.82, 2.24) is 19.7 Å². The molecule has 0 unspecified atom stereocenters. The predicted molar refractivity (Wildman–Crippen MR) is 94.5 cm³/mol. The molecule has 1 fully saturated rings. The van der Waals surface area contributed by atoms with Crippen LogP contribution in [0.4, 0.5) is 0 Å². The molecule has 2 aromatic rings. The lowest BCUT2D eigenvalue weighted by molar-refractivity contribution is -0.130. The van der Waals surface area contributed by atoms with Gasteiger partial charge in [0.15, 0.2) is 0 Å². The number of pyridine rings is 1. The maximum Gasteiger partial charge on any atom is 0.219 e. The lowest BCUT2D eigenvalue weighted by Gasteiger charge is -2.31. The Bertz CT molecular complexity index is 699. The molecule has 0 aliphatic carbocycles. The third kappa shape index (κ3) is 3.66. The highest BCUT2D eigenvalue weighted by Crippen LogP contribution is 2.25. The summed E-state index contributed by atoms with van der Waals surface area (Å²) in [6, 6.07) is 6.64.